The summed E-state index contributed by atoms with van der Waals surface area (Å²) in [5.74, 6) is -0.402. The predicted molar refractivity (Wildman–Crippen MR) is 120 cm³/mol. The molecule has 0 bridgehead atoms. The SMILES string of the molecule is CS(=O)(=O)N(Cc1ccccc1)c1ccc(C(=O)N/N=C\c2ccc(Cl)cc2)cc1. The topological polar surface area (TPSA) is 78.8 Å². The van der Waals surface area contributed by atoms with Gasteiger partial charge in [-0.1, -0.05) is 54.1 Å². The van der Waals surface area contributed by atoms with Crippen molar-refractivity contribution in [1.29, 1.82) is 0 Å². The lowest BCUT2D eigenvalue weighted by molar-refractivity contribution is 0.0955. The lowest BCUT2D eigenvalue weighted by atomic mass is 10.2. The van der Waals surface area contributed by atoms with Gasteiger partial charge in [0.25, 0.3) is 5.91 Å². The first-order valence-corrected chi connectivity index (χ1v) is 11.3. The van der Waals surface area contributed by atoms with Gasteiger partial charge in [-0.25, -0.2) is 13.8 Å². The average molecular weight is 442 g/mol. The molecule has 0 saturated heterocycles. The Labute approximate surface area is 180 Å². The maximum absolute atomic E-state index is 12.3. The summed E-state index contributed by atoms with van der Waals surface area (Å²) in [7, 11) is -3.50. The third-order valence-electron chi connectivity index (χ3n) is 4.24. The summed E-state index contributed by atoms with van der Waals surface area (Å²) < 4.78 is 25.8. The lowest BCUT2D eigenvalue weighted by Crippen LogP contribution is -2.29. The highest BCUT2D eigenvalue weighted by molar-refractivity contribution is 7.92. The number of nitrogens with zero attached hydrogens (tertiary/aromatic N) is 2. The van der Waals surface area contributed by atoms with Crippen LogP contribution in [0.2, 0.25) is 5.02 Å². The monoisotopic (exact) mass is 441 g/mol. The van der Waals surface area contributed by atoms with Gasteiger partial charge in [0.15, 0.2) is 0 Å². The van der Waals surface area contributed by atoms with Gasteiger partial charge in [0, 0.05) is 10.6 Å². The molecule has 3 aromatic rings. The number of nitrogens with one attached hydrogen (secondary N) is 1. The van der Waals surface area contributed by atoms with Crippen LogP contribution in [0.3, 0.4) is 0 Å². The molecule has 0 saturated carbocycles. The Hall–Kier alpha value is -3.16. The van der Waals surface area contributed by atoms with Crippen LogP contribution in [0.15, 0.2) is 84.0 Å². The summed E-state index contributed by atoms with van der Waals surface area (Å²) in [6, 6.07) is 22.6. The van der Waals surface area contributed by atoms with Gasteiger partial charge in [-0.3, -0.25) is 9.10 Å². The number of carbonyl (C=O) groups is 1. The molecule has 0 unspecified atom stereocenters. The van der Waals surface area contributed by atoms with Crippen LogP contribution in [0.25, 0.3) is 0 Å². The molecule has 8 heteroatoms. The minimum Gasteiger partial charge on any atom is -0.267 e. The smallest absolute Gasteiger partial charge is 0.267 e. The summed E-state index contributed by atoms with van der Waals surface area (Å²) in [5, 5.41) is 4.54. The van der Waals surface area contributed by atoms with Gasteiger partial charge in [0.05, 0.1) is 24.7 Å². The fraction of sp³-hybridized carbons (Fsp3) is 0.0909. The molecule has 0 radical (unpaired) electrons. The van der Waals surface area contributed by atoms with Crippen LogP contribution in [0.4, 0.5) is 5.69 Å². The van der Waals surface area contributed by atoms with Crippen molar-refractivity contribution < 1.29 is 13.2 Å². The number of amides is 1. The highest BCUT2D eigenvalue weighted by Gasteiger charge is 2.18. The van der Waals surface area contributed by atoms with Crippen molar-refractivity contribution in [2.45, 2.75) is 6.54 Å². The summed E-state index contributed by atoms with van der Waals surface area (Å²) in [4.78, 5) is 12.3. The standard InChI is InChI=1S/C22H20ClN3O3S/c1-30(28,29)26(16-18-5-3-2-4-6-18)21-13-9-19(10-14-21)22(27)25-24-15-17-7-11-20(23)12-8-17/h2-15H,16H2,1H3,(H,25,27)/b24-15-. The number of carbonyl (C=O) groups excluding carboxylic acids is 1. The number of hydrogen-bond acceptors (Lipinski definition) is 4. The molecule has 0 aliphatic heterocycles. The number of rotatable bonds is 7. The van der Waals surface area contributed by atoms with E-state index in [0.29, 0.717) is 16.3 Å². The summed E-state index contributed by atoms with van der Waals surface area (Å²) in [6.07, 6.45) is 2.66. The Bertz CT molecular complexity index is 1130. The highest BCUT2D eigenvalue weighted by atomic mass is 35.5. The van der Waals surface area contributed by atoms with Crippen LogP contribution in [0, 0.1) is 0 Å². The zero-order valence-electron chi connectivity index (χ0n) is 16.2. The molecule has 0 spiro atoms. The summed E-state index contributed by atoms with van der Waals surface area (Å²) >= 11 is 5.83. The maximum Gasteiger partial charge on any atom is 0.271 e. The second-order valence-corrected chi connectivity index (χ2v) is 8.90. The van der Waals surface area contributed by atoms with Crippen LogP contribution in [-0.2, 0) is 16.6 Å². The van der Waals surface area contributed by atoms with Crippen LogP contribution in [0.1, 0.15) is 21.5 Å². The van der Waals surface area contributed by atoms with E-state index < -0.39 is 15.9 Å². The van der Waals surface area contributed by atoms with E-state index in [0.717, 1.165) is 17.4 Å². The molecule has 3 aromatic carbocycles. The van der Waals surface area contributed by atoms with Gasteiger partial charge in [0.2, 0.25) is 10.0 Å². The molecular weight excluding hydrogens is 422 g/mol. The van der Waals surface area contributed by atoms with E-state index in [1.54, 1.807) is 48.5 Å². The van der Waals surface area contributed by atoms with Crippen molar-refractivity contribution in [1.82, 2.24) is 5.43 Å². The predicted octanol–water partition coefficient (Wildman–Crippen LogP) is 4.07. The number of benzene rings is 3. The van der Waals surface area contributed by atoms with Gasteiger partial charge in [0.1, 0.15) is 0 Å². The fourth-order valence-corrected chi connectivity index (χ4v) is 3.72. The average Bonchev–Trinajstić information content (AvgIpc) is 2.73. The molecule has 0 heterocycles. The first-order valence-electron chi connectivity index (χ1n) is 9.03. The van der Waals surface area contributed by atoms with Gasteiger partial charge in [-0.2, -0.15) is 5.10 Å². The Morgan fingerprint density at radius 2 is 1.63 bits per heavy atom. The molecule has 1 N–H and O–H groups in total. The summed E-state index contributed by atoms with van der Waals surface area (Å²) in [5.41, 5.74) is 4.94. The number of hydrogen-bond donors (Lipinski definition) is 1. The second kappa shape index (κ2) is 9.56. The van der Waals surface area contributed by atoms with Crippen molar-refractivity contribution in [3.05, 3.63) is 101 Å². The number of sulfonamides is 1. The molecule has 154 valence electrons. The molecule has 3 rings (SSSR count). The first-order chi connectivity index (χ1) is 14.3. The van der Waals surface area contributed by atoms with Crippen LogP contribution in [-0.4, -0.2) is 26.8 Å². The highest BCUT2D eigenvalue weighted by Crippen LogP contribution is 2.21. The number of anilines is 1. The maximum atomic E-state index is 12.3. The van der Waals surface area contributed by atoms with Crippen LogP contribution >= 0.6 is 11.6 Å². The molecule has 0 atom stereocenters. The molecule has 0 aliphatic rings. The largest absolute Gasteiger partial charge is 0.271 e. The number of hydrazone groups is 1. The van der Waals surface area contributed by atoms with Crippen molar-refractivity contribution in [2.24, 2.45) is 5.10 Å². The Morgan fingerprint density at radius 1 is 1.00 bits per heavy atom. The van der Waals surface area contributed by atoms with Crippen molar-refractivity contribution >= 4 is 39.4 Å². The van der Waals surface area contributed by atoms with Crippen LogP contribution in [0.5, 0.6) is 0 Å². The van der Waals surface area contributed by atoms with Crippen LogP contribution < -0.4 is 9.73 Å². The molecule has 6 nitrogen and oxygen atoms in total. The molecule has 1 amide bonds. The van der Waals surface area contributed by atoms with Crippen molar-refractivity contribution in [2.75, 3.05) is 10.6 Å². The minimum atomic E-state index is -3.50. The third kappa shape index (κ3) is 5.92. The Balaban J connectivity index is 1.70. The van der Waals surface area contributed by atoms with Gasteiger partial charge < -0.3 is 0 Å². The zero-order valence-corrected chi connectivity index (χ0v) is 17.8. The van der Waals surface area contributed by atoms with E-state index in [4.69, 9.17) is 11.6 Å². The van der Waals surface area contributed by atoms with E-state index in [1.807, 2.05) is 30.3 Å². The van der Waals surface area contributed by atoms with Gasteiger partial charge in [-0.05, 0) is 47.5 Å². The van der Waals surface area contributed by atoms with Gasteiger partial charge >= 0.3 is 0 Å². The van der Waals surface area contributed by atoms with E-state index in [1.165, 1.54) is 10.5 Å². The number of halogens is 1. The Morgan fingerprint density at radius 3 is 2.23 bits per heavy atom. The van der Waals surface area contributed by atoms with E-state index in [9.17, 15) is 13.2 Å². The quantitative estimate of drug-likeness (QED) is 0.443. The normalized spacial score (nSPS) is 11.4. The van der Waals surface area contributed by atoms with E-state index in [2.05, 4.69) is 10.5 Å². The first kappa shape index (κ1) is 21.5. The zero-order chi connectivity index (χ0) is 21.6. The van der Waals surface area contributed by atoms with Crippen molar-refractivity contribution in [3.8, 4) is 0 Å². The molecule has 0 aromatic heterocycles. The van der Waals surface area contributed by atoms with E-state index in [-0.39, 0.29) is 6.54 Å². The minimum absolute atomic E-state index is 0.205. The molecular formula is C22H20ClN3O3S. The molecule has 30 heavy (non-hydrogen) atoms. The van der Waals surface area contributed by atoms with Gasteiger partial charge in [-0.15, -0.1) is 0 Å². The Kier molecular flexibility index (Phi) is 6.87. The lowest BCUT2D eigenvalue weighted by Gasteiger charge is -2.22. The third-order valence-corrected chi connectivity index (χ3v) is 5.63. The summed E-state index contributed by atoms with van der Waals surface area (Å²) in [6.45, 7) is 0.205. The van der Waals surface area contributed by atoms with E-state index >= 15 is 0 Å². The second-order valence-electron chi connectivity index (χ2n) is 6.55. The molecule has 0 fully saturated rings. The fourth-order valence-electron chi connectivity index (χ4n) is 2.71. The van der Waals surface area contributed by atoms with Crippen molar-refractivity contribution in [3.63, 3.8) is 0 Å². The molecule has 0 aliphatic carbocycles.